The monoisotopic (exact) mass is 393 g/mol. The number of urea groups is 1. The van der Waals surface area contributed by atoms with Crippen molar-refractivity contribution in [2.24, 2.45) is 5.92 Å². The van der Waals surface area contributed by atoms with Crippen molar-refractivity contribution in [1.82, 2.24) is 10.2 Å². The van der Waals surface area contributed by atoms with Crippen LogP contribution in [-0.2, 0) is 9.59 Å². The molecule has 7 heteroatoms. The average Bonchev–Trinajstić information content (AvgIpc) is 2.78. The molecular weight excluding hydrogens is 374 g/mol. The Morgan fingerprint density at radius 2 is 2.12 bits per heavy atom. The number of hydrogen-bond acceptors (Lipinski definition) is 3. The van der Waals surface area contributed by atoms with Gasteiger partial charge in [-0.25, -0.2) is 4.79 Å². The predicted molar refractivity (Wildman–Crippen MR) is 93.4 cm³/mol. The lowest BCUT2D eigenvalue weighted by Crippen LogP contribution is -2.54. The van der Waals surface area contributed by atoms with Crippen LogP contribution in [0.1, 0.15) is 32.6 Å². The van der Waals surface area contributed by atoms with Gasteiger partial charge in [0.05, 0.1) is 5.69 Å². The Labute approximate surface area is 149 Å². The van der Waals surface area contributed by atoms with Gasteiger partial charge in [0.1, 0.15) is 12.1 Å². The molecule has 2 fully saturated rings. The van der Waals surface area contributed by atoms with Crippen molar-refractivity contribution in [3.63, 3.8) is 0 Å². The Balaban J connectivity index is 1.71. The van der Waals surface area contributed by atoms with Gasteiger partial charge >= 0.3 is 6.03 Å². The molecule has 24 heavy (non-hydrogen) atoms. The first-order valence-corrected chi connectivity index (χ1v) is 8.92. The maximum Gasteiger partial charge on any atom is 0.325 e. The summed E-state index contributed by atoms with van der Waals surface area (Å²) >= 11 is 3.35. The van der Waals surface area contributed by atoms with Crippen molar-refractivity contribution in [2.45, 2.75) is 38.1 Å². The molecule has 2 N–H and O–H groups in total. The summed E-state index contributed by atoms with van der Waals surface area (Å²) < 4.78 is 0.743. The van der Waals surface area contributed by atoms with E-state index in [4.69, 9.17) is 0 Å². The highest BCUT2D eigenvalue weighted by molar-refractivity contribution is 9.10. The number of halogens is 1. The summed E-state index contributed by atoms with van der Waals surface area (Å²) in [5.41, 5.74) is -0.224. The van der Waals surface area contributed by atoms with Crippen molar-refractivity contribution >= 4 is 39.5 Å². The van der Waals surface area contributed by atoms with Crippen molar-refractivity contribution in [2.75, 3.05) is 11.9 Å². The minimum atomic E-state index is -0.830. The van der Waals surface area contributed by atoms with Gasteiger partial charge < -0.3 is 10.6 Å². The van der Waals surface area contributed by atoms with E-state index >= 15 is 0 Å². The van der Waals surface area contributed by atoms with Crippen LogP contribution in [0.25, 0.3) is 0 Å². The van der Waals surface area contributed by atoms with E-state index in [0.29, 0.717) is 12.1 Å². The molecule has 0 unspecified atom stereocenters. The Bertz CT molecular complexity index is 693. The van der Waals surface area contributed by atoms with E-state index in [1.54, 1.807) is 12.1 Å². The number of amides is 4. The molecule has 0 radical (unpaired) electrons. The second kappa shape index (κ2) is 6.55. The van der Waals surface area contributed by atoms with Crippen molar-refractivity contribution in [3.05, 3.63) is 28.7 Å². The number of rotatable bonds is 3. The van der Waals surface area contributed by atoms with Crippen molar-refractivity contribution in [1.29, 1.82) is 0 Å². The number of hydrogen-bond donors (Lipinski definition) is 2. The summed E-state index contributed by atoms with van der Waals surface area (Å²) in [4.78, 5) is 38.4. The Hall–Kier alpha value is -1.89. The van der Waals surface area contributed by atoms with Gasteiger partial charge in [-0.15, -0.1) is 0 Å². The second-order valence-electron chi connectivity index (χ2n) is 6.47. The Morgan fingerprint density at radius 1 is 1.38 bits per heavy atom. The maximum atomic E-state index is 12.8. The molecule has 128 valence electrons. The van der Waals surface area contributed by atoms with Crippen LogP contribution >= 0.6 is 15.9 Å². The minimum absolute atomic E-state index is 0.0824. The zero-order chi connectivity index (χ0) is 17.3. The third-order valence-corrected chi connectivity index (χ3v) is 5.64. The van der Waals surface area contributed by atoms with Gasteiger partial charge in [-0.2, -0.15) is 0 Å². The number of benzene rings is 1. The van der Waals surface area contributed by atoms with E-state index in [0.717, 1.165) is 28.6 Å². The maximum absolute atomic E-state index is 12.8. The van der Waals surface area contributed by atoms with Crippen LogP contribution in [0.5, 0.6) is 0 Å². The van der Waals surface area contributed by atoms with E-state index in [-0.39, 0.29) is 18.4 Å². The molecule has 0 aromatic heterocycles. The largest absolute Gasteiger partial charge is 0.325 e. The van der Waals surface area contributed by atoms with E-state index in [1.807, 2.05) is 19.1 Å². The standard InChI is InChI=1S/C17H20BrN3O3/c1-11-6-4-5-9-17(11)15(23)21(16(24)20-17)10-14(22)19-13-8-3-2-7-12(13)18/h2-3,7-8,11H,4-6,9-10H2,1H3,(H,19,22)(H,20,24)/t11-,17+/m1/s1. The summed E-state index contributed by atoms with van der Waals surface area (Å²) in [6.45, 7) is 1.71. The smallest absolute Gasteiger partial charge is 0.324 e. The Kier molecular flexibility index (Phi) is 4.62. The number of imide groups is 1. The number of nitrogens with zero attached hydrogens (tertiary/aromatic N) is 1. The molecule has 1 saturated carbocycles. The number of carbonyl (C=O) groups excluding carboxylic acids is 3. The molecule has 1 aromatic rings. The predicted octanol–water partition coefficient (Wildman–Crippen LogP) is 2.89. The van der Waals surface area contributed by atoms with Crippen molar-refractivity contribution in [3.8, 4) is 0 Å². The van der Waals surface area contributed by atoms with Crippen LogP contribution in [0.3, 0.4) is 0 Å². The molecular formula is C17H20BrN3O3. The number of anilines is 1. The topological polar surface area (TPSA) is 78.5 Å². The van der Waals surface area contributed by atoms with Gasteiger partial charge in [0.25, 0.3) is 5.91 Å². The van der Waals surface area contributed by atoms with Crippen molar-refractivity contribution < 1.29 is 14.4 Å². The lowest BCUT2D eigenvalue weighted by atomic mass is 9.73. The van der Waals surface area contributed by atoms with Crippen LogP contribution < -0.4 is 10.6 Å². The third kappa shape index (κ3) is 2.92. The summed E-state index contributed by atoms with van der Waals surface area (Å²) in [6.07, 6.45) is 3.52. The molecule has 0 bridgehead atoms. The average molecular weight is 394 g/mol. The van der Waals surface area contributed by atoms with Crippen LogP contribution in [0.2, 0.25) is 0 Å². The summed E-state index contributed by atoms with van der Waals surface area (Å²) in [5.74, 6) is -0.591. The molecule has 1 aromatic carbocycles. The molecule has 1 spiro atoms. The lowest BCUT2D eigenvalue weighted by Gasteiger charge is -2.36. The fourth-order valence-electron chi connectivity index (χ4n) is 3.53. The summed E-state index contributed by atoms with van der Waals surface area (Å²) in [5, 5.41) is 5.57. The highest BCUT2D eigenvalue weighted by atomic mass is 79.9. The molecule has 4 amide bonds. The normalized spacial score (nSPS) is 26.6. The fourth-order valence-corrected chi connectivity index (χ4v) is 3.92. The van der Waals surface area contributed by atoms with Gasteiger partial charge in [0, 0.05) is 4.47 Å². The summed E-state index contributed by atoms with van der Waals surface area (Å²) in [7, 11) is 0. The minimum Gasteiger partial charge on any atom is -0.324 e. The summed E-state index contributed by atoms with van der Waals surface area (Å²) in [6, 6.07) is 6.72. The van der Waals surface area contributed by atoms with Crippen LogP contribution in [0.4, 0.5) is 10.5 Å². The molecule has 6 nitrogen and oxygen atoms in total. The number of para-hydroxylation sites is 1. The van der Waals surface area contributed by atoms with E-state index in [1.165, 1.54) is 0 Å². The highest BCUT2D eigenvalue weighted by Gasteiger charge is 2.55. The molecule has 2 atom stereocenters. The third-order valence-electron chi connectivity index (χ3n) is 4.95. The van der Waals surface area contributed by atoms with Crippen LogP contribution in [-0.4, -0.2) is 34.8 Å². The quantitative estimate of drug-likeness (QED) is 0.774. The SMILES string of the molecule is C[C@@H]1CCCC[C@]12NC(=O)N(CC(=O)Nc1ccccc1Br)C2=O. The van der Waals surface area contributed by atoms with E-state index in [9.17, 15) is 14.4 Å². The van der Waals surface area contributed by atoms with Crippen LogP contribution in [0, 0.1) is 5.92 Å². The van der Waals surface area contributed by atoms with Gasteiger partial charge in [0.2, 0.25) is 5.91 Å². The highest BCUT2D eigenvalue weighted by Crippen LogP contribution is 2.38. The molecule has 1 aliphatic heterocycles. The fraction of sp³-hybridized carbons (Fsp3) is 0.471. The van der Waals surface area contributed by atoms with Gasteiger partial charge in [0.15, 0.2) is 0 Å². The second-order valence-corrected chi connectivity index (χ2v) is 7.32. The first kappa shape index (κ1) is 17.0. The first-order chi connectivity index (χ1) is 11.4. The van der Waals surface area contributed by atoms with Gasteiger partial charge in [-0.05, 0) is 46.8 Å². The molecule has 1 aliphatic carbocycles. The van der Waals surface area contributed by atoms with Crippen LogP contribution in [0.15, 0.2) is 28.7 Å². The first-order valence-electron chi connectivity index (χ1n) is 8.12. The zero-order valence-corrected chi connectivity index (χ0v) is 15.1. The number of nitrogens with one attached hydrogen (secondary N) is 2. The van der Waals surface area contributed by atoms with Gasteiger partial charge in [-0.1, -0.05) is 31.9 Å². The zero-order valence-electron chi connectivity index (χ0n) is 13.5. The number of carbonyl (C=O) groups is 3. The van der Waals surface area contributed by atoms with Gasteiger partial charge in [-0.3, -0.25) is 14.5 Å². The van der Waals surface area contributed by atoms with E-state index in [2.05, 4.69) is 26.6 Å². The molecule has 1 heterocycles. The molecule has 2 aliphatic rings. The molecule has 1 saturated heterocycles. The Morgan fingerprint density at radius 3 is 2.83 bits per heavy atom. The van der Waals surface area contributed by atoms with E-state index < -0.39 is 17.5 Å². The lowest BCUT2D eigenvalue weighted by molar-refractivity contribution is -0.136. The molecule has 3 rings (SSSR count).